The quantitative estimate of drug-likeness (QED) is 0.695. The van der Waals surface area contributed by atoms with Crippen molar-refractivity contribution in [2.75, 3.05) is 19.0 Å². The van der Waals surface area contributed by atoms with E-state index in [-0.39, 0.29) is 24.9 Å². The van der Waals surface area contributed by atoms with Crippen molar-refractivity contribution in [1.29, 1.82) is 0 Å². The number of imidazole rings is 1. The zero-order chi connectivity index (χ0) is 19.5. The number of nitrogens with zero attached hydrogens (tertiary/aromatic N) is 3. The molecule has 0 saturated carbocycles. The van der Waals surface area contributed by atoms with Gasteiger partial charge in [0.25, 0.3) is 0 Å². The van der Waals surface area contributed by atoms with Crippen LogP contribution in [0.3, 0.4) is 0 Å². The summed E-state index contributed by atoms with van der Waals surface area (Å²) in [5, 5.41) is 2.93. The van der Waals surface area contributed by atoms with Crippen LogP contribution in [0.15, 0.2) is 49.1 Å². The molecule has 1 unspecified atom stereocenters. The number of fused-ring (bicyclic) bond motifs is 1. The third kappa shape index (κ3) is 3.16. The molecule has 4 rings (SSSR count). The number of amides is 1. The summed E-state index contributed by atoms with van der Waals surface area (Å²) in [6.45, 7) is 0.131. The Hall–Kier alpha value is -3.79. The summed E-state index contributed by atoms with van der Waals surface area (Å²) in [5.74, 6) is 3.93. The van der Waals surface area contributed by atoms with E-state index in [9.17, 15) is 4.79 Å². The second-order valence-corrected chi connectivity index (χ2v) is 6.27. The molecular formula is C21H18N4O3. The summed E-state index contributed by atoms with van der Waals surface area (Å²) in [7, 11) is 1.57. The molecule has 1 N–H and O–H groups in total. The van der Waals surface area contributed by atoms with Crippen molar-refractivity contribution in [3.05, 3.63) is 60.3 Å². The van der Waals surface area contributed by atoms with E-state index in [0.29, 0.717) is 17.3 Å². The minimum absolute atomic E-state index is 0.0787. The maximum atomic E-state index is 12.4. The second kappa shape index (κ2) is 7.45. The number of pyridine rings is 1. The smallest absolute Gasteiger partial charge is 0.226 e. The molecule has 1 aromatic carbocycles. The Bertz CT molecular complexity index is 1050. The number of anilines is 1. The van der Waals surface area contributed by atoms with Gasteiger partial charge >= 0.3 is 0 Å². The lowest BCUT2D eigenvalue weighted by atomic mass is 9.89. The van der Waals surface area contributed by atoms with Crippen molar-refractivity contribution in [2.45, 2.75) is 12.3 Å². The van der Waals surface area contributed by atoms with Gasteiger partial charge in [0.2, 0.25) is 5.91 Å². The molecule has 0 aliphatic carbocycles. The number of nitrogens with one attached hydrogen (secondary N) is 1. The SMILES string of the molecule is C#CCOc1cc(C2CC(=O)Nc3c2ncn3-c2cccnc2)ccc1OC. The Kier molecular flexibility index (Phi) is 4.68. The predicted molar refractivity (Wildman–Crippen MR) is 104 cm³/mol. The van der Waals surface area contributed by atoms with E-state index in [1.807, 2.05) is 34.9 Å². The van der Waals surface area contributed by atoms with E-state index in [1.165, 1.54) is 0 Å². The minimum Gasteiger partial charge on any atom is -0.493 e. The zero-order valence-electron chi connectivity index (χ0n) is 15.3. The van der Waals surface area contributed by atoms with Gasteiger partial charge in [-0.3, -0.25) is 14.3 Å². The van der Waals surface area contributed by atoms with Gasteiger partial charge in [0, 0.05) is 18.5 Å². The lowest BCUT2D eigenvalue weighted by molar-refractivity contribution is -0.116. The number of hydrogen-bond acceptors (Lipinski definition) is 5. The summed E-state index contributed by atoms with van der Waals surface area (Å²) in [6, 6.07) is 9.32. The maximum absolute atomic E-state index is 12.4. The van der Waals surface area contributed by atoms with Gasteiger partial charge in [-0.25, -0.2) is 4.98 Å². The average Bonchev–Trinajstić information content (AvgIpc) is 3.15. The fourth-order valence-electron chi connectivity index (χ4n) is 3.32. The molecule has 28 heavy (non-hydrogen) atoms. The number of benzene rings is 1. The summed E-state index contributed by atoms with van der Waals surface area (Å²) in [6.07, 6.45) is 10.7. The molecule has 7 heteroatoms. The van der Waals surface area contributed by atoms with E-state index in [0.717, 1.165) is 16.9 Å². The van der Waals surface area contributed by atoms with Crippen LogP contribution in [0.5, 0.6) is 11.5 Å². The number of carbonyl (C=O) groups excluding carboxylic acids is 1. The van der Waals surface area contributed by atoms with Crippen LogP contribution in [0.2, 0.25) is 0 Å². The number of hydrogen-bond donors (Lipinski definition) is 1. The van der Waals surface area contributed by atoms with Gasteiger partial charge in [-0.1, -0.05) is 12.0 Å². The minimum atomic E-state index is -0.208. The summed E-state index contributed by atoms with van der Waals surface area (Å²) >= 11 is 0. The number of terminal acetylenes is 1. The Balaban J connectivity index is 1.76. The molecule has 1 atom stereocenters. The molecule has 1 aliphatic rings. The monoisotopic (exact) mass is 374 g/mol. The highest BCUT2D eigenvalue weighted by molar-refractivity contribution is 5.94. The number of ether oxygens (including phenoxy) is 2. The Morgan fingerprint density at radius 3 is 3.00 bits per heavy atom. The molecule has 0 saturated heterocycles. The van der Waals surface area contributed by atoms with Gasteiger partial charge in [0.15, 0.2) is 11.5 Å². The molecule has 0 fully saturated rings. The average molecular weight is 374 g/mol. The molecule has 0 spiro atoms. The first kappa shape index (κ1) is 17.6. The Morgan fingerprint density at radius 1 is 1.36 bits per heavy atom. The largest absolute Gasteiger partial charge is 0.493 e. The van der Waals surface area contributed by atoms with E-state index in [4.69, 9.17) is 15.9 Å². The van der Waals surface area contributed by atoms with Crippen LogP contribution in [0.1, 0.15) is 23.6 Å². The first-order valence-electron chi connectivity index (χ1n) is 8.73. The number of carbonyl (C=O) groups is 1. The highest BCUT2D eigenvalue weighted by Crippen LogP contribution is 2.40. The van der Waals surface area contributed by atoms with Crippen LogP contribution < -0.4 is 14.8 Å². The van der Waals surface area contributed by atoms with Gasteiger partial charge in [0.05, 0.1) is 24.7 Å². The lowest BCUT2D eigenvalue weighted by Crippen LogP contribution is -2.25. The van der Waals surface area contributed by atoms with E-state index in [1.54, 1.807) is 25.8 Å². The molecular weight excluding hydrogens is 356 g/mol. The van der Waals surface area contributed by atoms with E-state index < -0.39 is 0 Å². The van der Waals surface area contributed by atoms with Crippen molar-refractivity contribution < 1.29 is 14.3 Å². The van der Waals surface area contributed by atoms with Crippen molar-refractivity contribution in [3.8, 4) is 29.5 Å². The highest BCUT2D eigenvalue weighted by Gasteiger charge is 2.31. The van der Waals surface area contributed by atoms with Crippen LogP contribution in [-0.2, 0) is 4.79 Å². The topological polar surface area (TPSA) is 78.3 Å². The van der Waals surface area contributed by atoms with Crippen molar-refractivity contribution >= 4 is 11.7 Å². The highest BCUT2D eigenvalue weighted by atomic mass is 16.5. The number of rotatable bonds is 5. The van der Waals surface area contributed by atoms with E-state index in [2.05, 4.69) is 21.2 Å². The van der Waals surface area contributed by atoms with Gasteiger partial charge in [-0.05, 0) is 29.8 Å². The van der Waals surface area contributed by atoms with Crippen LogP contribution in [0.4, 0.5) is 5.82 Å². The lowest BCUT2D eigenvalue weighted by Gasteiger charge is -2.24. The third-order valence-corrected chi connectivity index (χ3v) is 4.60. The number of methoxy groups -OCH3 is 1. The summed E-state index contributed by atoms with van der Waals surface area (Å²) < 4.78 is 12.8. The fraction of sp³-hybridized carbons (Fsp3) is 0.190. The molecule has 0 bridgehead atoms. The number of aromatic nitrogens is 3. The Labute approximate surface area is 162 Å². The summed E-state index contributed by atoms with van der Waals surface area (Å²) in [4.78, 5) is 21.1. The van der Waals surface area contributed by atoms with E-state index >= 15 is 0 Å². The van der Waals surface area contributed by atoms with Crippen molar-refractivity contribution in [3.63, 3.8) is 0 Å². The molecule has 1 amide bonds. The van der Waals surface area contributed by atoms with Gasteiger partial charge in [0.1, 0.15) is 18.8 Å². The first-order valence-corrected chi connectivity index (χ1v) is 8.73. The second-order valence-electron chi connectivity index (χ2n) is 6.27. The zero-order valence-corrected chi connectivity index (χ0v) is 15.3. The molecule has 7 nitrogen and oxygen atoms in total. The van der Waals surface area contributed by atoms with Crippen LogP contribution in [0, 0.1) is 12.3 Å². The predicted octanol–water partition coefficient (Wildman–Crippen LogP) is 2.76. The standard InChI is InChI=1S/C21H18N4O3/c1-3-9-28-18-10-14(6-7-17(18)27-2)16-11-19(26)24-21-20(16)23-13-25(21)15-5-4-8-22-12-15/h1,4-8,10,12-13,16H,9,11H2,2H3,(H,24,26). The Morgan fingerprint density at radius 2 is 2.25 bits per heavy atom. The fourth-order valence-corrected chi connectivity index (χ4v) is 3.32. The summed E-state index contributed by atoms with van der Waals surface area (Å²) in [5.41, 5.74) is 2.52. The molecule has 140 valence electrons. The van der Waals surface area contributed by atoms with Crippen LogP contribution in [-0.4, -0.2) is 34.2 Å². The van der Waals surface area contributed by atoms with Crippen LogP contribution in [0.25, 0.3) is 5.69 Å². The third-order valence-electron chi connectivity index (χ3n) is 4.60. The molecule has 3 aromatic rings. The molecule has 0 radical (unpaired) electrons. The molecule has 1 aliphatic heterocycles. The van der Waals surface area contributed by atoms with Gasteiger partial charge in [-0.2, -0.15) is 0 Å². The molecule has 2 aromatic heterocycles. The van der Waals surface area contributed by atoms with Crippen molar-refractivity contribution in [2.24, 2.45) is 0 Å². The first-order chi connectivity index (χ1) is 13.7. The van der Waals surface area contributed by atoms with Crippen molar-refractivity contribution in [1.82, 2.24) is 14.5 Å². The van der Waals surface area contributed by atoms with Gasteiger partial charge < -0.3 is 14.8 Å². The van der Waals surface area contributed by atoms with Gasteiger partial charge in [-0.15, -0.1) is 6.42 Å². The normalized spacial score (nSPS) is 15.3. The van der Waals surface area contributed by atoms with Crippen LogP contribution >= 0.6 is 0 Å². The molecule has 3 heterocycles. The maximum Gasteiger partial charge on any atom is 0.226 e.